The molecule has 160 valence electrons. The fourth-order valence-electron chi connectivity index (χ4n) is 3.53. The topological polar surface area (TPSA) is 76.7 Å². The van der Waals surface area contributed by atoms with Crippen molar-refractivity contribution >= 4 is 17.5 Å². The van der Waals surface area contributed by atoms with Crippen molar-refractivity contribution in [1.82, 2.24) is 5.32 Å². The lowest BCUT2D eigenvalue weighted by Crippen LogP contribution is -2.31. The lowest BCUT2D eigenvalue weighted by Gasteiger charge is -2.27. The zero-order valence-electron chi connectivity index (χ0n) is 17.6. The fourth-order valence-corrected chi connectivity index (χ4v) is 3.53. The molecule has 2 N–H and O–H groups in total. The van der Waals surface area contributed by atoms with Crippen LogP contribution in [0.4, 0.5) is 5.69 Å². The van der Waals surface area contributed by atoms with E-state index in [1.54, 1.807) is 24.3 Å². The van der Waals surface area contributed by atoms with E-state index in [4.69, 9.17) is 9.47 Å². The van der Waals surface area contributed by atoms with Crippen LogP contribution >= 0.6 is 0 Å². The molecule has 0 saturated heterocycles. The number of benzene rings is 3. The van der Waals surface area contributed by atoms with Gasteiger partial charge in [-0.3, -0.25) is 9.59 Å². The highest BCUT2D eigenvalue weighted by atomic mass is 16.5. The van der Waals surface area contributed by atoms with E-state index in [9.17, 15) is 9.59 Å². The molecule has 0 unspecified atom stereocenters. The van der Waals surface area contributed by atoms with E-state index in [-0.39, 0.29) is 25.0 Å². The molecule has 0 bridgehead atoms. The number of hydrogen-bond donors (Lipinski definition) is 2. The Morgan fingerprint density at radius 2 is 1.62 bits per heavy atom. The minimum Gasteiger partial charge on any atom is -0.481 e. The van der Waals surface area contributed by atoms with Crippen molar-refractivity contribution in [3.05, 3.63) is 83.9 Å². The average Bonchev–Trinajstić information content (AvgIpc) is 2.79. The molecule has 6 nitrogen and oxygen atoms in total. The second-order valence-electron chi connectivity index (χ2n) is 7.18. The average molecular weight is 426 g/mol. The van der Waals surface area contributed by atoms with Gasteiger partial charge in [0.05, 0.1) is 12.5 Å². The number of para-hydroxylation sites is 2. The SMILES string of the molecule is CC(=O)Nc1cccc(OCC#CCNC(=O)C2c3ccccc3Oc3ccccc32)c1. The Labute approximate surface area is 186 Å². The van der Waals surface area contributed by atoms with Gasteiger partial charge in [-0.05, 0) is 24.3 Å². The molecule has 3 aromatic rings. The van der Waals surface area contributed by atoms with Crippen LogP contribution in [0.3, 0.4) is 0 Å². The van der Waals surface area contributed by atoms with Crippen LogP contribution in [0.25, 0.3) is 0 Å². The molecular formula is C26H22N2O4. The number of nitrogens with one attached hydrogen (secondary N) is 2. The van der Waals surface area contributed by atoms with Gasteiger partial charge in [0.15, 0.2) is 0 Å². The molecule has 1 aliphatic heterocycles. The Morgan fingerprint density at radius 1 is 0.938 bits per heavy atom. The van der Waals surface area contributed by atoms with Gasteiger partial charge in [-0.25, -0.2) is 0 Å². The van der Waals surface area contributed by atoms with E-state index >= 15 is 0 Å². The summed E-state index contributed by atoms with van der Waals surface area (Å²) in [6.07, 6.45) is 0. The molecule has 0 aliphatic carbocycles. The maximum atomic E-state index is 13.0. The Hall–Kier alpha value is -4.24. The summed E-state index contributed by atoms with van der Waals surface area (Å²) in [7, 11) is 0. The summed E-state index contributed by atoms with van der Waals surface area (Å²) in [6.45, 7) is 1.82. The lowest BCUT2D eigenvalue weighted by atomic mass is 9.87. The Morgan fingerprint density at radius 3 is 2.31 bits per heavy atom. The maximum Gasteiger partial charge on any atom is 0.233 e. The lowest BCUT2D eigenvalue weighted by molar-refractivity contribution is -0.121. The molecule has 32 heavy (non-hydrogen) atoms. The number of amides is 2. The van der Waals surface area contributed by atoms with Crippen molar-refractivity contribution in [2.75, 3.05) is 18.5 Å². The number of fused-ring (bicyclic) bond motifs is 2. The van der Waals surface area contributed by atoms with E-state index in [0.717, 1.165) is 11.1 Å². The number of hydrogen-bond acceptors (Lipinski definition) is 4. The first-order valence-corrected chi connectivity index (χ1v) is 10.2. The molecule has 0 atom stereocenters. The second kappa shape index (κ2) is 9.71. The summed E-state index contributed by atoms with van der Waals surface area (Å²) in [5.41, 5.74) is 2.32. The molecule has 0 saturated carbocycles. The van der Waals surface area contributed by atoms with E-state index in [2.05, 4.69) is 22.5 Å². The molecule has 0 aromatic heterocycles. The molecule has 0 radical (unpaired) electrons. The monoisotopic (exact) mass is 426 g/mol. The third-order valence-corrected chi connectivity index (χ3v) is 4.88. The van der Waals surface area contributed by atoms with E-state index in [1.165, 1.54) is 6.92 Å². The summed E-state index contributed by atoms with van der Waals surface area (Å²) < 4.78 is 11.5. The van der Waals surface area contributed by atoms with Crippen LogP contribution < -0.4 is 20.1 Å². The van der Waals surface area contributed by atoms with E-state index in [1.807, 2.05) is 48.5 Å². The molecule has 6 heteroatoms. The minimum absolute atomic E-state index is 0.133. The normalized spacial score (nSPS) is 11.7. The smallest absolute Gasteiger partial charge is 0.233 e. The highest BCUT2D eigenvalue weighted by Crippen LogP contribution is 2.43. The van der Waals surface area contributed by atoms with E-state index < -0.39 is 5.92 Å². The zero-order valence-corrected chi connectivity index (χ0v) is 17.6. The Bertz CT molecular complexity index is 1160. The third kappa shape index (κ3) is 4.90. The third-order valence-electron chi connectivity index (χ3n) is 4.88. The Kier molecular flexibility index (Phi) is 6.38. The highest BCUT2D eigenvalue weighted by Gasteiger charge is 2.31. The van der Waals surface area contributed by atoms with Crippen molar-refractivity contribution in [2.24, 2.45) is 0 Å². The van der Waals surface area contributed by atoms with Crippen molar-refractivity contribution in [3.8, 4) is 29.1 Å². The number of rotatable bonds is 5. The number of carbonyl (C=O) groups excluding carboxylic acids is 2. The fraction of sp³-hybridized carbons (Fsp3) is 0.154. The summed E-state index contributed by atoms with van der Waals surface area (Å²) >= 11 is 0. The second-order valence-corrected chi connectivity index (χ2v) is 7.18. The molecule has 2 amide bonds. The maximum absolute atomic E-state index is 13.0. The predicted octanol–water partition coefficient (Wildman–Crippen LogP) is 4.08. The molecule has 1 heterocycles. The number of carbonyl (C=O) groups is 2. The Balaban J connectivity index is 1.35. The van der Waals surface area contributed by atoms with Crippen LogP contribution in [0.15, 0.2) is 72.8 Å². The molecule has 4 rings (SSSR count). The molecule has 3 aromatic carbocycles. The number of ether oxygens (including phenoxy) is 2. The summed E-state index contributed by atoms with van der Waals surface area (Å²) in [5.74, 6) is 7.05. The molecule has 0 fully saturated rings. The van der Waals surface area contributed by atoms with Crippen molar-refractivity contribution in [3.63, 3.8) is 0 Å². The van der Waals surface area contributed by atoms with Crippen LogP contribution in [0, 0.1) is 11.8 Å². The van der Waals surface area contributed by atoms with Gasteiger partial charge in [0.1, 0.15) is 23.9 Å². The van der Waals surface area contributed by atoms with Gasteiger partial charge in [-0.2, -0.15) is 0 Å². The van der Waals surface area contributed by atoms with Gasteiger partial charge < -0.3 is 20.1 Å². The summed E-state index contributed by atoms with van der Waals surface area (Å²) in [4.78, 5) is 24.1. The largest absolute Gasteiger partial charge is 0.481 e. The summed E-state index contributed by atoms with van der Waals surface area (Å²) in [6, 6.07) is 22.2. The van der Waals surface area contributed by atoms with Crippen molar-refractivity contribution in [1.29, 1.82) is 0 Å². The van der Waals surface area contributed by atoms with Gasteiger partial charge in [-0.15, -0.1) is 0 Å². The standard InChI is InChI=1S/C26H22N2O4/c1-18(29)28-19-9-8-10-20(17-19)31-16-7-6-15-27-26(30)25-21-11-2-4-13-23(21)32-24-14-5-3-12-22(24)25/h2-5,8-14,17,25H,15-16H2,1H3,(H,27,30)(H,28,29). The van der Waals surface area contributed by atoms with Gasteiger partial charge >= 0.3 is 0 Å². The van der Waals surface area contributed by atoms with Gasteiger partial charge in [0.2, 0.25) is 11.8 Å². The molecule has 0 spiro atoms. The first-order valence-electron chi connectivity index (χ1n) is 10.2. The van der Waals surface area contributed by atoms with Crippen LogP contribution in [-0.4, -0.2) is 25.0 Å². The van der Waals surface area contributed by atoms with E-state index in [0.29, 0.717) is 22.9 Å². The van der Waals surface area contributed by atoms with Crippen LogP contribution in [0.1, 0.15) is 24.0 Å². The van der Waals surface area contributed by atoms with Crippen LogP contribution in [0.2, 0.25) is 0 Å². The van der Waals surface area contributed by atoms with Gasteiger partial charge in [0, 0.05) is 29.8 Å². The number of anilines is 1. The molecular weight excluding hydrogens is 404 g/mol. The quantitative estimate of drug-likeness (QED) is 0.603. The highest BCUT2D eigenvalue weighted by molar-refractivity contribution is 5.90. The first kappa shape index (κ1) is 21.0. The first-order chi connectivity index (χ1) is 15.6. The van der Waals surface area contributed by atoms with Gasteiger partial charge in [-0.1, -0.05) is 54.3 Å². The van der Waals surface area contributed by atoms with Crippen molar-refractivity contribution in [2.45, 2.75) is 12.8 Å². The van der Waals surface area contributed by atoms with Crippen molar-refractivity contribution < 1.29 is 19.1 Å². The zero-order chi connectivity index (χ0) is 22.3. The van der Waals surface area contributed by atoms with Gasteiger partial charge in [0.25, 0.3) is 0 Å². The predicted molar refractivity (Wildman–Crippen MR) is 122 cm³/mol. The summed E-state index contributed by atoms with van der Waals surface area (Å²) in [5, 5.41) is 5.59. The molecule has 1 aliphatic rings. The van der Waals surface area contributed by atoms with Crippen LogP contribution in [-0.2, 0) is 9.59 Å². The van der Waals surface area contributed by atoms with Crippen LogP contribution in [0.5, 0.6) is 17.2 Å². The minimum atomic E-state index is -0.453.